The van der Waals surface area contributed by atoms with E-state index in [0.717, 1.165) is 17.3 Å². The van der Waals surface area contributed by atoms with Crippen molar-refractivity contribution >= 4 is 26.8 Å². The van der Waals surface area contributed by atoms with Gasteiger partial charge in [0.05, 0.1) is 0 Å². The topological polar surface area (TPSA) is 41.8 Å². The molecular weight excluding hydrogens is 276 g/mol. The lowest BCUT2D eigenvalue weighted by molar-refractivity contribution is 0.604. The lowest BCUT2D eigenvalue weighted by Gasteiger charge is -2.07. The van der Waals surface area contributed by atoms with Crippen molar-refractivity contribution in [1.29, 1.82) is 0 Å². The minimum absolute atomic E-state index is 0.143. The highest BCUT2D eigenvalue weighted by molar-refractivity contribution is 9.10. The van der Waals surface area contributed by atoms with Crippen LogP contribution in [0.1, 0.15) is 30.5 Å². The lowest BCUT2D eigenvalue weighted by Crippen LogP contribution is -2.22. The van der Waals surface area contributed by atoms with Crippen LogP contribution in [0.5, 0.6) is 0 Å². The van der Waals surface area contributed by atoms with Crippen molar-refractivity contribution in [2.75, 3.05) is 0 Å². The zero-order valence-corrected chi connectivity index (χ0v) is 11.6. The van der Waals surface area contributed by atoms with E-state index in [0.29, 0.717) is 0 Å². The SMILES string of the molecule is Cc1c(CCC2(N)CC2)[nH]c2ccc(Br)cc12. The van der Waals surface area contributed by atoms with E-state index in [4.69, 9.17) is 5.73 Å². The van der Waals surface area contributed by atoms with E-state index in [1.165, 1.54) is 35.0 Å². The van der Waals surface area contributed by atoms with Crippen LogP contribution >= 0.6 is 15.9 Å². The van der Waals surface area contributed by atoms with Crippen LogP contribution in [0.15, 0.2) is 22.7 Å². The van der Waals surface area contributed by atoms with Crippen LogP contribution in [-0.4, -0.2) is 10.5 Å². The predicted octanol–water partition coefficient (Wildman–Crippen LogP) is 3.66. The molecule has 17 heavy (non-hydrogen) atoms. The number of benzene rings is 1. The van der Waals surface area contributed by atoms with Gasteiger partial charge in [0, 0.05) is 26.6 Å². The number of nitrogens with one attached hydrogen (secondary N) is 1. The highest BCUT2D eigenvalue weighted by atomic mass is 79.9. The summed E-state index contributed by atoms with van der Waals surface area (Å²) >= 11 is 3.52. The van der Waals surface area contributed by atoms with Gasteiger partial charge in [-0.1, -0.05) is 15.9 Å². The maximum atomic E-state index is 6.14. The van der Waals surface area contributed by atoms with Gasteiger partial charge in [0.25, 0.3) is 0 Å². The first-order chi connectivity index (χ1) is 8.07. The fourth-order valence-corrected chi connectivity index (χ4v) is 2.75. The normalized spacial score (nSPS) is 17.6. The molecule has 0 aliphatic heterocycles. The average molecular weight is 293 g/mol. The molecule has 3 heteroatoms. The minimum atomic E-state index is 0.143. The summed E-state index contributed by atoms with van der Waals surface area (Å²) in [5.41, 5.74) is 10.2. The van der Waals surface area contributed by atoms with E-state index >= 15 is 0 Å². The molecular formula is C14H17BrN2. The number of hydrogen-bond donors (Lipinski definition) is 2. The molecule has 0 amide bonds. The predicted molar refractivity (Wildman–Crippen MR) is 75.2 cm³/mol. The maximum absolute atomic E-state index is 6.14. The van der Waals surface area contributed by atoms with E-state index < -0.39 is 0 Å². The van der Waals surface area contributed by atoms with Gasteiger partial charge in [-0.25, -0.2) is 0 Å². The number of aromatic nitrogens is 1. The fraction of sp³-hybridized carbons (Fsp3) is 0.429. The number of aryl methyl sites for hydroxylation is 2. The zero-order valence-electron chi connectivity index (χ0n) is 10.0. The first kappa shape index (κ1) is 11.3. The van der Waals surface area contributed by atoms with Crippen LogP contribution in [0.4, 0.5) is 0 Å². The summed E-state index contributed by atoms with van der Waals surface area (Å²) in [6.07, 6.45) is 4.55. The molecule has 90 valence electrons. The van der Waals surface area contributed by atoms with Crippen LogP contribution < -0.4 is 5.73 Å². The van der Waals surface area contributed by atoms with Crippen LogP contribution in [-0.2, 0) is 6.42 Å². The molecule has 1 saturated carbocycles. The van der Waals surface area contributed by atoms with Crippen LogP contribution in [0.2, 0.25) is 0 Å². The van der Waals surface area contributed by atoms with Crippen molar-refractivity contribution in [1.82, 2.24) is 4.98 Å². The molecule has 3 rings (SSSR count). The molecule has 0 spiro atoms. The van der Waals surface area contributed by atoms with E-state index in [1.807, 2.05) is 0 Å². The Balaban J connectivity index is 1.91. The molecule has 1 aromatic carbocycles. The summed E-state index contributed by atoms with van der Waals surface area (Å²) in [7, 11) is 0. The first-order valence-electron chi connectivity index (χ1n) is 6.13. The molecule has 2 nitrogen and oxygen atoms in total. The Morgan fingerprint density at radius 3 is 2.88 bits per heavy atom. The quantitative estimate of drug-likeness (QED) is 0.891. The largest absolute Gasteiger partial charge is 0.358 e. The zero-order chi connectivity index (χ0) is 12.0. The second kappa shape index (κ2) is 3.85. The molecule has 0 saturated heterocycles. The summed E-state index contributed by atoms with van der Waals surface area (Å²) in [6.45, 7) is 2.19. The summed E-state index contributed by atoms with van der Waals surface area (Å²) < 4.78 is 1.14. The third-order valence-electron chi connectivity index (χ3n) is 3.89. The fourth-order valence-electron chi connectivity index (χ4n) is 2.39. The average Bonchev–Trinajstić information content (AvgIpc) is 2.95. The van der Waals surface area contributed by atoms with Gasteiger partial charge >= 0.3 is 0 Å². The second-order valence-electron chi connectivity index (χ2n) is 5.28. The highest BCUT2D eigenvalue weighted by Gasteiger charge is 2.37. The number of fused-ring (bicyclic) bond motifs is 1. The van der Waals surface area contributed by atoms with Crippen LogP contribution in [0, 0.1) is 6.92 Å². The van der Waals surface area contributed by atoms with Gasteiger partial charge in [-0.05, 0) is 56.4 Å². The first-order valence-corrected chi connectivity index (χ1v) is 6.92. The third-order valence-corrected chi connectivity index (χ3v) is 4.38. The lowest BCUT2D eigenvalue weighted by atomic mass is 10.1. The molecule has 0 bridgehead atoms. The van der Waals surface area contributed by atoms with Crippen molar-refractivity contribution in [3.05, 3.63) is 33.9 Å². The Bertz CT molecular complexity index is 567. The number of nitrogens with two attached hydrogens (primary N) is 1. The summed E-state index contributed by atoms with van der Waals surface area (Å²) in [6, 6.07) is 6.39. The highest BCUT2D eigenvalue weighted by Crippen LogP contribution is 2.37. The van der Waals surface area contributed by atoms with Crippen molar-refractivity contribution in [2.45, 2.75) is 38.1 Å². The standard InChI is InChI=1S/C14H17BrN2/c1-9-11-8-10(15)2-3-13(11)17-12(9)4-5-14(16)6-7-14/h2-3,8,17H,4-7,16H2,1H3. The second-order valence-corrected chi connectivity index (χ2v) is 6.20. The monoisotopic (exact) mass is 292 g/mol. The van der Waals surface area contributed by atoms with Crippen molar-refractivity contribution in [2.24, 2.45) is 5.73 Å². The number of rotatable bonds is 3. The molecule has 1 aromatic heterocycles. The van der Waals surface area contributed by atoms with Gasteiger partial charge in [0.2, 0.25) is 0 Å². The molecule has 0 atom stereocenters. The van der Waals surface area contributed by atoms with Crippen molar-refractivity contribution < 1.29 is 0 Å². The summed E-state index contributed by atoms with van der Waals surface area (Å²) in [5.74, 6) is 0. The molecule has 0 unspecified atom stereocenters. The van der Waals surface area contributed by atoms with E-state index in [1.54, 1.807) is 0 Å². The Hall–Kier alpha value is -0.800. The van der Waals surface area contributed by atoms with Crippen molar-refractivity contribution in [3.63, 3.8) is 0 Å². The van der Waals surface area contributed by atoms with E-state index in [-0.39, 0.29) is 5.54 Å². The molecule has 1 aliphatic rings. The Morgan fingerprint density at radius 2 is 2.18 bits per heavy atom. The smallest absolute Gasteiger partial charge is 0.0459 e. The molecule has 1 heterocycles. The van der Waals surface area contributed by atoms with E-state index in [9.17, 15) is 0 Å². The number of H-pyrrole nitrogens is 1. The van der Waals surface area contributed by atoms with Crippen LogP contribution in [0.25, 0.3) is 10.9 Å². The molecule has 3 N–H and O–H groups in total. The van der Waals surface area contributed by atoms with Gasteiger partial charge in [-0.15, -0.1) is 0 Å². The number of halogens is 1. The van der Waals surface area contributed by atoms with Gasteiger partial charge < -0.3 is 10.7 Å². The van der Waals surface area contributed by atoms with Gasteiger partial charge in [0.15, 0.2) is 0 Å². The molecule has 0 radical (unpaired) electrons. The summed E-state index contributed by atoms with van der Waals surface area (Å²) in [5, 5.41) is 1.32. The number of aromatic amines is 1. The molecule has 2 aromatic rings. The van der Waals surface area contributed by atoms with Crippen LogP contribution in [0.3, 0.4) is 0 Å². The Kier molecular flexibility index (Phi) is 2.56. The summed E-state index contributed by atoms with van der Waals surface area (Å²) in [4.78, 5) is 3.52. The minimum Gasteiger partial charge on any atom is -0.358 e. The molecule has 1 fully saturated rings. The Morgan fingerprint density at radius 1 is 1.41 bits per heavy atom. The van der Waals surface area contributed by atoms with Gasteiger partial charge in [0.1, 0.15) is 0 Å². The van der Waals surface area contributed by atoms with Gasteiger partial charge in [-0.3, -0.25) is 0 Å². The van der Waals surface area contributed by atoms with Crippen molar-refractivity contribution in [3.8, 4) is 0 Å². The third kappa shape index (κ3) is 2.14. The molecule has 1 aliphatic carbocycles. The van der Waals surface area contributed by atoms with E-state index in [2.05, 4.69) is 46.0 Å². The van der Waals surface area contributed by atoms with Gasteiger partial charge in [-0.2, -0.15) is 0 Å². The Labute approximate surface area is 110 Å². The number of hydrogen-bond acceptors (Lipinski definition) is 1. The maximum Gasteiger partial charge on any atom is 0.0459 e.